The quantitative estimate of drug-likeness (QED) is 0.759. The van der Waals surface area contributed by atoms with Crippen LogP contribution in [0.1, 0.15) is 5.56 Å². The van der Waals surface area contributed by atoms with Crippen LogP contribution in [0.4, 0.5) is 0 Å². The van der Waals surface area contributed by atoms with E-state index in [-0.39, 0.29) is 12.4 Å². The molecule has 0 bridgehead atoms. The zero-order valence-corrected chi connectivity index (χ0v) is 8.03. The SMILES string of the molecule is C=C(CNC)c1ccccc1.Cl. The molecule has 1 aromatic rings. The third kappa shape index (κ3) is 3.07. The highest BCUT2D eigenvalue weighted by Gasteiger charge is 1.93. The minimum atomic E-state index is 0. The maximum Gasteiger partial charge on any atom is 0.0202 e. The van der Waals surface area contributed by atoms with Gasteiger partial charge < -0.3 is 5.32 Å². The topological polar surface area (TPSA) is 12.0 Å². The summed E-state index contributed by atoms with van der Waals surface area (Å²) in [4.78, 5) is 0. The second kappa shape index (κ2) is 5.81. The maximum atomic E-state index is 3.95. The van der Waals surface area contributed by atoms with E-state index in [2.05, 4.69) is 24.0 Å². The van der Waals surface area contributed by atoms with Crippen molar-refractivity contribution in [2.75, 3.05) is 13.6 Å². The number of hydrogen-bond acceptors (Lipinski definition) is 1. The monoisotopic (exact) mass is 183 g/mol. The highest BCUT2D eigenvalue weighted by molar-refractivity contribution is 5.85. The van der Waals surface area contributed by atoms with E-state index in [1.165, 1.54) is 5.56 Å². The van der Waals surface area contributed by atoms with E-state index >= 15 is 0 Å². The standard InChI is InChI=1S/C10H13N.ClH/c1-9(8-11-2)10-6-4-3-5-7-10;/h3-7,11H,1,8H2,2H3;1H. The van der Waals surface area contributed by atoms with Crippen LogP contribution >= 0.6 is 12.4 Å². The summed E-state index contributed by atoms with van der Waals surface area (Å²) in [6.07, 6.45) is 0. The second-order valence-corrected chi connectivity index (χ2v) is 2.50. The molecule has 0 fully saturated rings. The Kier molecular flexibility index (Phi) is 5.43. The third-order valence-corrected chi connectivity index (χ3v) is 1.57. The van der Waals surface area contributed by atoms with Crippen molar-refractivity contribution in [2.24, 2.45) is 0 Å². The van der Waals surface area contributed by atoms with Crippen LogP contribution in [0.2, 0.25) is 0 Å². The molecular weight excluding hydrogens is 170 g/mol. The van der Waals surface area contributed by atoms with E-state index < -0.39 is 0 Å². The molecule has 1 rings (SSSR count). The van der Waals surface area contributed by atoms with Gasteiger partial charge >= 0.3 is 0 Å². The van der Waals surface area contributed by atoms with Crippen molar-refractivity contribution < 1.29 is 0 Å². The van der Waals surface area contributed by atoms with Crippen LogP contribution in [0.3, 0.4) is 0 Å². The number of hydrogen-bond donors (Lipinski definition) is 1. The lowest BCUT2D eigenvalue weighted by Crippen LogP contribution is -2.08. The Balaban J connectivity index is 0.00000121. The molecule has 1 aromatic carbocycles. The van der Waals surface area contributed by atoms with E-state index in [0.717, 1.165) is 12.1 Å². The summed E-state index contributed by atoms with van der Waals surface area (Å²) in [5.41, 5.74) is 2.34. The van der Waals surface area contributed by atoms with Gasteiger partial charge in [-0.3, -0.25) is 0 Å². The summed E-state index contributed by atoms with van der Waals surface area (Å²) in [5, 5.41) is 3.07. The minimum absolute atomic E-state index is 0. The first-order chi connectivity index (χ1) is 5.34. The zero-order chi connectivity index (χ0) is 8.10. The van der Waals surface area contributed by atoms with Gasteiger partial charge in [0.05, 0.1) is 0 Å². The van der Waals surface area contributed by atoms with Crippen molar-refractivity contribution in [1.29, 1.82) is 0 Å². The Morgan fingerprint density at radius 2 is 1.92 bits per heavy atom. The number of likely N-dealkylation sites (N-methyl/N-ethyl adjacent to an activating group) is 1. The van der Waals surface area contributed by atoms with Crippen molar-refractivity contribution in [1.82, 2.24) is 5.32 Å². The highest BCUT2D eigenvalue weighted by Crippen LogP contribution is 2.09. The maximum absolute atomic E-state index is 3.95. The molecule has 0 amide bonds. The van der Waals surface area contributed by atoms with Crippen LogP contribution in [0.25, 0.3) is 5.57 Å². The fourth-order valence-corrected chi connectivity index (χ4v) is 0.989. The van der Waals surface area contributed by atoms with E-state index in [4.69, 9.17) is 0 Å². The number of rotatable bonds is 3. The van der Waals surface area contributed by atoms with Crippen LogP contribution < -0.4 is 5.32 Å². The third-order valence-electron chi connectivity index (χ3n) is 1.57. The Morgan fingerprint density at radius 3 is 2.42 bits per heavy atom. The molecule has 0 aliphatic heterocycles. The van der Waals surface area contributed by atoms with Crippen molar-refractivity contribution in [3.8, 4) is 0 Å². The Labute approximate surface area is 79.9 Å². The molecule has 0 saturated carbocycles. The van der Waals surface area contributed by atoms with Gasteiger partial charge in [-0.1, -0.05) is 36.9 Å². The van der Waals surface area contributed by atoms with Gasteiger partial charge in [0, 0.05) is 6.54 Å². The average Bonchev–Trinajstić information content (AvgIpc) is 2.07. The van der Waals surface area contributed by atoms with Gasteiger partial charge in [0.1, 0.15) is 0 Å². The smallest absolute Gasteiger partial charge is 0.0202 e. The fraction of sp³-hybridized carbons (Fsp3) is 0.200. The summed E-state index contributed by atoms with van der Waals surface area (Å²) in [6.45, 7) is 4.80. The lowest BCUT2D eigenvalue weighted by atomic mass is 10.1. The predicted molar refractivity (Wildman–Crippen MR) is 56.7 cm³/mol. The summed E-state index contributed by atoms with van der Waals surface area (Å²) in [7, 11) is 1.92. The van der Waals surface area contributed by atoms with Gasteiger partial charge in [0.15, 0.2) is 0 Å². The van der Waals surface area contributed by atoms with Gasteiger partial charge in [-0.2, -0.15) is 0 Å². The lowest BCUT2D eigenvalue weighted by Gasteiger charge is -2.03. The van der Waals surface area contributed by atoms with Crippen LogP contribution in [0.5, 0.6) is 0 Å². The largest absolute Gasteiger partial charge is 0.316 e. The van der Waals surface area contributed by atoms with Crippen molar-refractivity contribution in [3.63, 3.8) is 0 Å². The van der Waals surface area contributed by atoms with E-state index in [1.54, 1.807) is 0 Å². The van der Waals surface area contributed by atoms with Crippen molar-refractivity contribution >= 4 is 18.0 Å². The molecule has 2 heteroatoms. The number of benzene rings is 1. The first kappa shape index (κ1) is 11.2. The van der Waals surface area contributed by atoms with Gasteiger partial charge in [-0.15, -0.1) is 12.4 Å². The van der Waals surface area contributed by atoms with Gasteiger partial charge in [0.2, 0.25) is 0 Å². The number of nitrogens with one attached hydrogen (secondary N) is 1. The zero-order valence-electron chi connectivity index (χ0n) is 7.21. The highest BCUT2D eigenvalue weighted by atomic mass is 35.5. The van der Waals surface area contributed by atoms with Crippen molar-refractivity contribution in [2.45, 2.75) is 0 Å². The molecule has 12 heavy (non-hydrogen) atoms. The van der Waals surface area contributed by atoms with Gasteiger partial charge in [0.25, 0.3) is 0 Å². The van der Waals surface area contributed by atoms with E-state index in [1.807, 2.05) is 25.2 Å². The normalized spacial score (nSPS) is 8.75. The van der Waals surface area contributed by atoms with E-state index in [0.29, 0.717) is 0 Å². The Morgan fingerprint density at radius 1 is 1.33 bits per heavy atom. The molecule has 1 nitrogen and oxygen atoms in total. The van der Waals surface area contributed by atoms with Gasteiger partial charge in [-0.25, -0.2) is 0 Å². The molecule has 0 atom stereocenters. The minimum Gasteiger partial charge on any atom is -0.316 e. The molecule has 0 radical (unpaired) electrons. The fourth-order valence-electron chi connectivity index (χ4n) is 0.989. The Hall–Kier alpha value is -0.790. The molecule has 0 aliphatic carbocycles. The summed E-state index contributed by atoms with van der Waals surface area (Å²) >= 11 is 0. The van der Waals surface area contributed by atoms with Crippen LogP contribution in [0.15, 0.2) is 36.9 Å². The predicted octanol–water partition coefficient (Wildman–Crippen LogP) is 2.34. The van der Waals surface area contributed by atoms with Crippen LogP contribution in [0, 0.1) is 0 Å². The van der Waals surface area contributed by atoms with E-state index in [9.17, 15) is 0 Å². The molecule has 0 aliphatic rings. The Bertz CT molecular complexity index is 231. The first-order valence-corrected chi connectivity index (χ1v) is 3.72. The number of halogens is 1. The lowest BCUT2D eigenvalue weighted by molar-refractivity contribution is 0.933. The second-order valence-electron chi connectivity index (χ2n) is 2.50. The summed E-state index contributed by atoms with van der Waals surface area (Å²) in [5.74, 6) is 0. The molecular formula is C10H14ClN. The first-order valence-electron chi connectivity index (χ1n) is 3.72. The van der Waals surface area contributed by atoms with Crippen LogP contribution in [-0.4, -0.2) is 13.6 Å². The molecule has 0 heterocycles. The summed E-state index contributed by atoms with van der Waals surface area (Å²) in [6, 6.07) is 10.2. The summed E-state index contributed by atoms with van der Waals surface area (Å²) < 4.78 is 0. The van der Waals surface area contributed by atoms with Gasteiger partial charge in [-0.05, 0) is 18.2 Å². The average molecular weight is 184 g/mol. The molecule has 0 saturated heterocycles. The van der Waals surface area contributed by atoms with Crippen LogP contribution in [-0.2, 0) is 0 Å². The molecule has 0 spiro atoms. The molecule has 1 N–H and O–H groups in total. The molecule has 66 valence electrons. The molecule has 0 unspecified atom stereocenters. The molecule has 0 aromatic heterocycles. The van der Waals surface area contributed by atoms with Crippen molar-refractivity contribution in [3.05, 3.63) is 42.5 Å².